The van der Waals surface area contributed by atoms with Crippen molar-refractivity contribution in [3.05, 3.63) is 34.3 Å². The first-order valence-corrected chi connectivity index (χ1v) is 8.18. The van der Waals surface area contributed by atoms with Gasteiger partial charge in [-0.3, -0.25) is 0 Å². The van der Waals surface area contributed by atoms with Gasteiger partial charge < -0.3 is 0 Å². The summed E-state index contributed by atoms with van der Waals surface area (Å²) in [6.07, 6.45) is 5.25. The number of hydrogen-bond donors (Lipinski definition) is 0. The van der Waals surface area contributed by atoms with Gasteiger partial charge in [0.05, 0.1) is 0 Å². The van der Waals surface area contributed by atoms with Crippen LogP contribution in [0.3, 0.4) is 0 Å². The third kappa shape index (κ3) is 7.20. The van der Waals surface area contributed by atoms with Gasteiger partial charge in [-0.2, -0.15) is 0 Å². The molecule has 0 amide bonds. The molecule has 18 heavy (non-hydrogen) atoms. The van der Waals surface area contributed by atoms with Crippen LogP contribution in [0.5, 0.6) is 0 Å². The summed E-state index contributed by atoms with van der Waals surface area (Å²) in [5, 5.41) is 0. The summed E-state index contributed by atoms with van der Waals surface area (Å²) in [7, 11) is 0. The number of rotatable bonds is 6. The summed E-state index contributed by atoms with van der Waals surface area (Å²) in [6.45, 7) is 10.9. The lowest BCUT2D eigenvalue weighted by Crippen LogP contribution is -2.01. The highest BCUT2D eigenvalue weighted by molar-refractivity contribution is 9.10. The third-order valence-corrected chi connectivity index (χ3v) is 3.60. The van der Waals surface area contributed by atoms with E-state index in [1.165, 1.54) is 35.7 Å². The van der Waals surface area contributed by atoms with Gasteiger partial charge in [-0.15, -0.1) is 0 Å². The van der Waals surface area contributed by atoms with Crippen molar-refractivity contribution in [3.63, 3.8) is 0 Å². The van der Waals surface area contributed by atoms with Crippen LogP contribution in [-0.2, 0) is 0 Å². The second-order valence-electron chi connectivity index (χ2n) is 5.01. The first-order valence-electron chi connectivity index (χ1n) is 7.39. The van der Waals surface area contributed by atoms with Gasteiger partial charge in [0.2, 0.25) is 0 Å². The van der Waals surface area contributed by atoms with E-state index in [1.54, 1.807) is 0 Å². The Bertz CT molecular complexity index is 287. The fourth-order valence-electron chi connectivity index (χ4n) is 2.10. The molecule has 1 rings (SSSR count). The first kappa shape index (κ1) is 17.7. The largest absolute Gasteiger partial charge is 0.0683 e. The van der Waals surface area contributed by atoms with E-state index in [2.05, 4.69) is 61.0 Å². The van der Waals surface area contributed by atoms with Crippen LogP contribution in [0.4, 0.5) is 0 Å². The fourth-order valence-corrected chi connectivity index (χ4v) is 2.36. The predicted octanol–water partition coefficient (Wildman–Crippen LogP) is 6.80. The minimum absolute atomic E-state index is 0.750. The molecule has 0 nitrogen and oxygen atoms in total. The van der Waals surface area contributed by atoms with Crippen molar-refractivity contribution in [3.8, 4) is 0 Å². The van der Waals surface area contributed by atoms with Crippen molar-refractivity contribution in [1.29, 1.82) is 0 Å². The third-order valence-electron chi connectivity index (χ3n) is 3.07. The summed E-state index contributed by atoms with van der Waals surface area (Å²) >= 11 is 3.50. The topological polar surface area (TPSA) is 0 Å². The molecular weight excluding hydrogens is 284 g/mol. The maximum Gasteiger partial charge on any atom is 0.0175 e. The fraction of sp³-hybridized carbons (Fsp3) is 0.647. The molecule has 0 heterocycles. The zero-order valence-corrected chi connectivity index (χ0v) is 14.3. The van der Waals surface area contributed by atoms with Gasteiger partial charge in [0.25, 0.3) is 0 Å². The van der Waals surface area contributed by atoms with Crippen molar-refractivity contribution in [1.82, 2.24) is 0 Å². The van der Waals surface area contributed by atoms with E-state index in [9.17, 15) is 0 Å². The SMILES string of the molecule is CC.CCCC(CCC(C)C)c1ccc(Br)cc1. The molecule has 1 aromatic carbocycles. The molecule has 0 aliphatic heterocycles. The van der Waals surface area contributed by atoms with Gasteiger partial charge in [-0.1, -0.05) is 75.5 Å². The highest BCUT2D eigenvalue weighted by Gasteiger charge is 2.11. The number of benzene rings is 1. The van der Waals surface area contributed by atoms with E-state index >= 15 is 0 Å². The molecule has 0 N–H and O–H groups in total. The Balaban J connectivity index is 0.00000137. The lowest BCUT2D eigenvalue weighted by molar-refractivity contribution is 0.478. The maximum absolute atomic E-state index is 3.50. The minimum Gasteiger partial charge on any atom is -0.0683 e. The van der Waals surface area contributed by atoms with Gasteiger partial charge in [0.1, 0.15) is 0 Å². The van der Waals surface area contributed by atoms with Crippen molar-refractivity contribution < 1.29 is 0 Å². The van der Waals surface area contributed by atoms with Crippen LogP contribution >= 0.6 is 15.9 Å². The molecule has 0 saturated heterocycles. The monoisotopic (exact) mass is 312 g/mol. The number of hydrogen-bond acceptors (Lipinski definition) is 0. The van der Waals surface area contributed by atoms with E-state index in [-0.39, 0.29) is 0 Å². The maximum atomic E-state index is 3.50. The Morgan fingerprint density at radius 3 is 1.94 bits per heavy atom. The van der Waals surface area contributed by atoms with Crippen LogP contribution in [0.15, 0.2) is 28.7 Å². The Morgan fingerprint density at radius 1 is 0.944 bits per heavy atom. The van der Waals surface area contributed by atoms with Gasteiger partial charge in [-0.25, -0.2) is 0 Å². The average Bonchev–Trinajstić information content (AvgIpc) is 2.38. The van der Waals surface area contributed by atoms with E-state index in [4.69, 9.17) is 0 Å². The predicted molar refractivity (Wildman–Crippen MR) is 87.2 cm³/mol. The normalized spacial score (nSPS) is 11.9. The molecular formula is C17H29Br. The molecule has 0 fully saturated rings. The molecule has 1 atom stereocenters. The lowest BCUT2D eigenvalue weighted by atomic mass is 9.88. The number of halogens is 1. The Morgan fingerprint density at radius 2 is 1.50 bits per heavy atom. The summed E-state index contributed by atoms with van der Waals surface area (Å²) in [6, 6.07) is 8.86. The molecule has 0 bridgehead atoms. The molecule has 1 aromatic rings. The van der Waals surface area contributed by atoms with Crippen molar-refractivity contribution >= 4 is 15.9 Å². The second kappa shape index (κ2) is 10.6. The lowest BCUT2D eigenvalue weighted by Gasteiger charge is -2.18. The smallest absolute Gasteiger partial charge is 0.0175 e. The van der Waals surface area contributed by atoms with Crippen LogP contribution in [0.1, 0.15) is 71.8 Å². The Hall–Kier alpha value is -0.300. The summed E-state index contributed by atoms with van der Waals surface area (Å²) in [5.41, 5.74) is 1.51. The van der Waals surface area contributed by atoms with E-state index in [0.717, 1.165) is 11.8 Å². The second-order valence-corrected chi connectivity index (χ2v) is 5.92. The molecule has 0 aliphatic rings. The minimum atomic E-state index is 0.750. The average molecular weight is 313 g/mol. The van der Waals surface area contributed by atoms with E-state index in [0.29, 0.717) is 0 Å². The van der Waals surface area contributed by atoms with Gasteiger partial charge in [0, 0.05) is 4.47 Å². The molecule has 0 aliphatic carbocycles. The zero-order valence-electron chi connectivity index (χ0n) is 12.7. The standard InChI is InChI=1S/C15H23Br.C2H6/c1-4-5-13(7-6-12(2)3)14-8-10-15(16)11-9-14;1-2/h8-13H,4-7H2,1-3H3;1-2H3. The molecule has 0 radical (unpaired) electrons. The van der Waals surface area contributed by atoms with E-state index < -0.39 is 0 Å². The van der Waals surface area contributed by atoms with Crippen LogP contribution in [0, 0.1) is 5.92 Å². The van der Waals surface area contributed by atoms with Crippen molar-refractivity contribution in [2.75, 3.05) is 0 Å². The molecule has 104 valence electrons. The first-order chi connectivity index (χ1) is 8.63. The van der Waals surface area contributed by atoms with Gasteiger partial charge in [-0.05, 0) is 42.4 Å². The van der Waals surface area contributed by atoms with Crippen LogP contribution in [0.2, 0.25) is 0 Å². The highest BCUT2D eigenvalue weighted by Crippen LogP contribution is 2.28. The molecule has 1 unspecified atom stereocenters. The van der Waals surface area contributed by atoms with Crippen molar-refractivity contribution in [2.24, 2.45) is 5.92 Å². The van der Waals surface area contributed by atoms with Gasteiger partial charge in [0.15, 0.2) is 0 Å². The Labute approximate surface area is 122 Å². The summed E-state index contributed by atoms with van der Waals surface area (Å²) in [5.74, 6) is 1.57. The van der Waals surface area contributed by atoms with Crippen LogP contribution in [-0.4, -0.2) is 0 Å². The van der Waals surface area contributed by atoms with Crippen molar-refractivity contribution in [2.45, 2.75) is 66.2 Å². The molecule has 1 heteroatoms. The van der Waals surface area contributed by atoms with Crippen LogP contribution < -0.4 is 0 Å². The summed E-state index contributed by atoms with van der Waals surface area (Å²) < 4.78 is 1.18. The highest BCUT2D eigenvalue weighted by atomic mass is 79.9. The quantitative estimate of drug-likeness (QED) is 0.542. The zero-order chi connectivity index (χ0) is 14.0. The summed E-state index contributed by atoms with van der Waals surface area (Å²) in [4.78, 5) is 0. The van der Waals surface area contributed by atoms with Gasteiger partial charge >= 0.3 is 0 Å². The molecule has 0 aromatic heterocycles. The van der Waals surface area contributed by atoms with E-state index in [1.807, 2.05) is 13.8 Å². The molecule has 0 saturated carbocycles. The van der Waals surface area contributed by atoms with Crippen LogP contribution in [0.25, 0.3) is 0 Å². The molecule has 0 spiro atoms. The Kier molecular flexibility index (Phi) is 10.4.